The number of fused-ring (bicyclic) bond motifs is 1. The molecule has 4 N–H and O–H groups in total. The Morgan fingerprint density at radius 2 is 1.82 bits per heavy atom. The van der Waals surface area contributed by atoms with Crippen LogP contribution in [0.15, 0.2) is 42.6 Å². The zero-order valence-electron chi connectivity index (χ0n) is 23.6. The smallest absolute Gasteiger partial charge is 0.221 e. The molecule has 4 rings (SSSR count). The molecule has 218 valence electrons. The number of aromatic amines is 1. The predicted molar refractivity (Wildman–Crippen MR) is 159 cm³/mol. The number of nitrogens with two attached hydrogens (primary N) is 1. The lowest BCUT2D eigenvalue weighted by molar-refractivity contribution is -0.117. The third-order valence-electron chi connectivity index (χ3n) is 7.60. The van der Waals surface area contributed by atoms with Gasteiger partial charge in [0.1, 0.15) is 0 Å². The number of hydrogen-bond donors (Lipinski definition) is 3. The van der Waals surface area contributed by atoms with Gasteiger partial charge in [-0.1, -0.05) is 18.2 Å². The van der Waals surface area contributed by atoms with Crippen LogP contribution < -0.4 is 11.1 Å². The molecule has 0 bridgehead atoms. The van der Waals surface area contributed by atoms with Crippen LogP contribution >= 0.6 is 0 Å². The highest BCUT2D eigenvalue weighted by Gasteiger charge is 2.29. The Morgan fingerprint density at radius 1 is 1.07 bits per heavy atom. The Hall–Kier alpha value is -2.76. The van der Waals surface area contributed by atoms with Gasteiger partial charge in [0.2, 0.25) is 15.9 Å². The van der Waals surface area contributed by atoms with E-state index < -0.39 is 10.0 Å². The van der Waals surface area contributed by atoms with E-state index in [4.69, 9.17) is 15.2 Å². The van der Waals surface area contributed by atoms with Gasteiger partial charge >= 0.3 is 0 Å². The van der Waals surface area contributed by atoms with Gasteiger partial charge in [0, 0.05) is 64.2 Å². The van der Waals surface area contributed by atoms with Crippen molar-refractivity contribution < 1.29 is 22.7 Å². The lowest BCUT2D eigenvalue weighted by Gasteiger charge is -2.31. The first-order valence-electron chi connectivity index (χ1n) is 14.0. The molecule has 0 aliphatic carbocycles. The zero-order chi connectivity index (χ0) is 28.5. The number of rotatable bonds is 15. The molecule has 2 heterocycles. The fourth-order valence-electron chi connectivity index (χ4n) is 5.55. The van der Waals surface area contributed by atoms with E-state index >= 15 is 0 Å². The van der Waals surface area contributed by atoms with Gasteiger partial charge in [0.25, 0.3) is 0 Å². The van der Waals surface area contributed by atoms with Gasteiger partial charge in [-0.3, -0.25) is 4.79 Å². The van der Waals surface area contributed by atoms with Crippen molar-refractivity contribution in [3.8, 4) is 11.1 Å². The van der Waals surface area contributed by atoms with Crippen molar-refractivity contribution in [2.75, 3.05) is 52.8 Å². The minimum Gasteiger partial charge on any atom is -0.385 e. The number of carbonyl (C=O) groups is 1. The number of piperidine rings is 1. The average molecular weight is 571 g/mol. The highest BCUT2D eigenvalue weighted by molar-refractivity contribution is 7.89. The number of H-pyrrole nitrogens is 1. The van der Waals surface area contributed by atoms with Gasteiger partial charge < -0.3 is 25.5 Å². The van der Waals surface area contributed by atoms with Crippen LogP contribution in [-0.4, -0.2) is 76.4 Å². The highest BCUT2D eigenvalue weighted by atomic mass is 32.2. The maximum absolute atomic E-state index is 12.8. The summed E-state index contributed by atoms with van der Waals surface area (Å²) in [5.41, 5.74) is 11.9. The summed E-state index contributed by atoms with van der Waals surface area (Å²) in [6.45, 7) is 3.82. The molecule has 0 spiro atoms. The standard InChI is InChI=1S/C30H42N4O5S/c1-38-13-4-10-32-20-22-6-3-7-24(16-22)25-17-26(19-29(31)35)30-27(18-25)28(21-33-30)23-8-11-34(12-9-23)40(36,37)15-5-14-39-2/h3,6-7,16-18,21,23,32-33H,4-5,8-15,19-20H2,1-2H3,(H2,31,35). The summed E-state index contributed by atoms with van der Waals surface area (Å²) in [7, 11) is 0.00656. The summed E-state index contributed by atoms with van der Waals surface area (Å²) >= 11 is 0. The lowest BCUT2D eigenvalue weighted by Crippen LogP contribution is -2.39. The van der Waals surface area contributed by atoms with E-state index in [0.717, 1.165) is 72.1 Å². The molecule has 0 unspecified atom stereocenters. The van der Waals surface area contributed by atoms with Crippen LogP contribution in [-0.2, 0) is 37.3 Å². The van der Waals surface area contributed by atoms with E-state index in [-0.39, 0.29) is 24.0 Å². The Balaban J connectivity index is 1.56. The molecule has 3 aromatic rings. The maximum atomic E-state index is 12.8. The predicted octanol–water partition coefficient (Wildman–Crippen LogP) is 3.53. The van der Waals surface area contributed by atoms with E-state index in [1.54, 1.807) is 18.5 Å². The molecular weight excluding hydrogens is 528 g/mol. The molecule has 0 saturated carbocycles. The van der Waals surface area contributed by atoms with Crippen molar-refractivity contribution in [2.45, 2.75) is 44.6 Å². The second-order valence-electron chi connectivity index (χ2n) is 10.5. The van der Waals surface area contributed by atoms with Gasteiger partial charge in [0.05, 0.1) is 12.2 Å². The number of methoxy groups -OCH3 is 2. The second kappa shape index (κ2) is 14.2. The molecule has 1 aromatic heterocycles. The van der Waals surface area contributed by atoms with Crippen molar-refractivity contribution >= 4 is 26.8 Å². The normalized spacial score (nSPS) is 15.2. The summed E-state index contributed by atoms with van der Waals surface area (Å²) in [5.74, 6) is -0.0470. The molecule has 40 heavy (non-hydrogen) atoms. The maximum Gasteiger partial charge on any atom is 0.221 e. The van der Waals surface area contributed by atoms with E-state index in [9.17, 15) is 13.2 Å². The molecule has 2 aromatic carbocycles. The van der Waals surface area contributed by atoms with Crippen LogP contribution in [0.25, 0.3) is 22.0 Å². The zero-order valence-corrected chi connectivity index (χ0v) is 24.4. The summed E-state index contributed by atoms with van der Waals surface area (Å²) in [5, 5.41) is 4.53. The second-order valence-corrected chi connectivity index (χ2v) is 12.6. The minimum absolute atomic E-state index is 0.111. The number of hydrogen-bond acceptors (Lipinski definition) is 6. The van der Waals surface area contributed by atoms with Gasteiger partial charge in [-0.15, -0.1) is 0 Å². The van der Waals surface area contributed by atoms with Crippen LogP contribution in [0.5, 0.6) is 0 Å². The number of benzene rings is 2. The van der Waals surface area contributed by atoms with Gasteiger partial charge in [-0.25, -0.2) is 12.7 Å². The van der Waals surface area contributed by atoms with Crippen molar-refractivity contribution in [1.29, 1.82) is 0 Å². The molecule has 1 fully saturated rings. The topological polar surface area (TPSA) is 127 Å². The molecule has 9 nitrogen and oxygen atoms in total. The van der Waals surface area contributed by atoms with Gasteiger partial charge in [0.15, 0.2) is 0 Å². The van der Waals surface area contributed by atoms with Crippen molar-refractivity contribution in [3.63, 3.8) is 0 Å². The molecule has 0 radical (unpaired) electrons. The molecule has 1 aliphatic heterocycles. The fraction of sp³-hybridized carbons (Fsp3) is 0.500. The minimum atomic E-state index is -3.29. The van der Waals surface area contributed by atoms with Crippen LogP contribution in [0, 0.1) is 0 Å². The van der Waals surface area contributed by atoms with Crippen LogP contribution in [0.2, 0.25) is 0 Å². The first-order valence-corrected chi connectivity index (χ1v) is 15.6. The number of sulfonamides is 1. The van der Waals surface area contributed by atoms with E-state index in [1.807, 2.05) is 12.3 Å². The molecule has 10 heteroatoms. The number of nitrogens with zero attached hydrogens (tertiary/aromatic N) is 1. The average Bonchev–Trinajstić information content (AvgIpc) is 3.37. The SMILES string of the molecule is COCCCNCc1cccc(-c2cc(CC(N)=O)c3[nH]cc(C4CCN(S(=O)(=O)CCCOC)CC4)c3c2)c1. The Labute approximate surface area is 237 Å². The van der Waals surface area contributed by atoms with Crippen LogP contribution in [0.1, 0.15) is 48.3 Å². The monoisotopic (exact) mass is 570 g/mol. The number of carbonyl (C=O) groups excluding carboxylic acids is 1. The number of aromatic nitrogens is 1. The molecule has 1 aliphatic rings. The van der Waals surface area contributed by atoms with Crippen molar-refractivity contribution in [3.05, 3.63) is 59.3 Å². The van der Waals surface area contributed by atoms with E-state index in [2.05, 4.69) is 40.6 Å². The Morgan fingerprint density at radius 3 is 2.55 bits per heavy atom. The number of ether oxygens (including phenoxy) is 2. The highest BCUT2D eigenvalue weighted by Crippen LogP contribution is 2.37. The van der Waals surface area contributed by atoms with E-state index in [1.165, 1.54) is 5.56 Å². The number of amides is 1. The summed E-state index contributed by atoms with van der Waals surface area (Å²) in [6.07, 6.45) is 5.11. The van der Waals surface area contributed by atoms with Gasteiger partial charge in [-0.05, 0) is 84.2 Å². The third-order valence-corrected chi connectivity index (χ3v) is 9.55. The third kappa shape index (κ3) is 7.70. The first kappa shape index (κ1) is 30.2. The first-order chi connectivity index (χ1) is 19.3. The molecule has 1 saturated heterocycles. The summed E-state index contributed by atoms with van der Waals surface area (Å²) in [4.78, 5) is 15.4. The van der Waals surface area contributed by atoms with Crippen molar-refractivity contribution in [1.82, 2.24) is 14.6 Å². The fourth-order valence-corrected chi connectivity index (χ4v) is 7.06. The Kier molecular flexibility index (Phi) is 10.7. The molecular formula is C30H42N4O5S. The lowest BCUT2D eigenvalue weighted by atomic mass is 9.88. The van der Waals surface area contributed by atoms with Gasteiger partial charge in [-0.2, -0.15) is 0 Å². The quantitative estimate of drug-likeness (QED) is 0.240. The van der Waals surface area contributed by atoms with Crippen LogP contribution in [0.3, 0.4) is 0 Å². The summed E-state index contributed by atoms with van der Waals surface area (Å²) in [6, 6.07) is 12.7. The van der Waals surface area contributed by atoms with Crippen LogP contribution in [0.4, 0.5) is 0 Å². The molecule has 0 atom stereocenters. The molecule has 1 amide bonds. The van der Waals surface area contributed by atoms with Crippen molar-refractivity contribution in [2.24, 2.45) is 5.73 Å². The number of primary amides is 1. The summed E-state index contributed by atoms with van der Waals surface area (Å²) < 4.78 is 37.3. The largest absolute Gasteiger partial charge is 0.385 e. The number of nitrogens with one attached hydrogen (secondary N) is 2. The van der Waals surface area contributed by atoms with E-state index in [0.29, 0.717) is 26.1 Å². The Bertz CT molecular complexity index is 1380.